The molecular weight excluding hydrogens is 333 g/mol. The molecule has 0 spiro atoms. The second-order valence-electron chi connectivity index (χ2n) is 5.43. The van der Waals surface area contributed by atoms with Crippen LogP contribution in [-0.4, -0.2) is 18.2 Å². The van der Waals surface area contributed by atoms with E-state index >= 15 is 0 Å². The van der Waals surface area contributed by atoms with Crippen molar-refractivity contribution in [3.8, 4) is 0 Å². The summed E-state index contributed by atoms with van der Waals surface area (Å²) in [5.74, 6) is -0.207. The van der Waals surface area contributed by atoms with E-state index in [2.05, 4.69) is 10.7 Å². The summed E-state index contributed by atoms with van der Waals surface area (Å²) in [6.07, 6.45) is 0.205. The van der Waals surface area contributed by atoms with Gasteiger partial charge in [-0.05, 0) is 65.2 Å². The van der Waals surface area contributed by atoms with E-state index in [1.54, 1.807) is 29.5 Å². The Labute approximate surface area is 143 Å². The number of fused-ring (bicyclic) bond motifs is 1. The number of aliphatic hydroxyl groups excluding tert-OH is 1. The molecule has 2 N–H and O–H groups in total. The van der Waals surface area contributed by atoms with Gasteiger partial charge in [0.2, 0.25) is 0 Å². The lowest BCUT2D eigenvalue weighted by Gasteiger charge is -2.12. The van der Waals surface area contributed by atoms with Crippen molar-refractivity contribution in [2.45, 2.75) is 12.5 Å². The average Bonchev–Trinajstić information content (AvgIpc) is 2.93. The first kappa shape index (κ1) is 16.4. The van der Waals surface area contributed by atoms with Gasteiger partial charge in [-0.15, -0.1) is 11.3 Å². The van der Waals surface area contributed by atoms with E-state index in [4.69, 9.17) is 11.6 Å². The highest BCUT2D eigenvalue weighted by atomic mass is 35.5. The first-order chi connectivity index (χ1) is 11.1. The maximum Gasteiger partial charge on any atom is 0.123 e. The van der Waals surface area contributed by atoms with Crippen molar-refractivity contribution in [1.29, 1.82) is 0 Å². The van der Waals surface area contributed by atoms with Gasteiger partial charge in [0.05, 0.1) is 6.10 Å². The smallest absolute Gasteiger partial charge is 0.123 e. The molecule has 0 saturated carbocycles. The summed E-state index contributed by atoms with van der Waals surface area (Å²) in [5.41, 5.74) is 1.93. The van der Waals surface area contributed by atoms with Crippen LogP contribution in [0.15, 0.2) is 47.8 Å². The van der Waals surface area contributed by atoms with E-state index in [1.807, 2.05) is 18.2 Å². The Bertz CT molecular complexity index is 805. The monoisotopic (exact) mass is 349 g/mol. The van der Waals surface area contributed by atoms with Crippen LogP contribution in [0.5, 0.6) is 0 Å². The number of halogens is 2. The van der Waals surface area contributed by atoms with Gasteiger partial charge < -0.3 is 10.4 Å². The van der Waals surface area contributed by atoms with Gasteiger partial charge in [-0.25, -0.2) is 4.39 Å². The summed E-state index contributed by atoms with van der Waals surface area (Å²) >= 11 is 7.55. The van der Waals surface area contributed by atoms with Gasteiger partial charge in [0.1, 0.15) is 5.82 Å². The van der Waals surface area contributed by atoms with Gasteiger partial charge in [0.15, 0.2) is 0 Å². The highest BCUT2D eigenvalue weighted by molar-refractivity contribution is 7.17. The van der Waals surface area contributed by atoms with Crippen molar-refractivity contribution in [2.24, 2.45) is 0 Å². The van der Waals surface area contributed by atoms with Gasteiger partial charge >= 0.3 is 0 Å². The Hall–Kier alpha value is -1.46. The summed E-state index contributed by atoms with van der Waals surface area (Å²) in [4.78, 5) is 0. The number of nitrogens with one attached hydrogen (secondary N) is 1. The maximum atomic E-state index is 13.4. The van der Waals surface area contributed by atoms with Crippen LogP contribution in [0.3, 0.4) is 0 Å². The molecule has 2 nitrogen and oxygen atoms in total. The Morgan fingerprint density at radius 2 is 2.09 bits per heavy atom. The Kier molecular flexibility index (Phi) is 5.28. The molecule has 1 aromatic heterocycles. The fraction of sp³-hybridized carbons (Fsp3) is 0.222. The first-order valence-electron chi connectivity index (χ1n) is 7.43. The van der Waals surface area contributed by atoms with Crippen LogP contribution in [0.25, 0.3) is 10.1 Å². The molecule has 0 aliphatic rings. The molecule has 120 valence electrons. The highest BCUT2D eigenvalue weighted by Crippen LogP contribution is 2.27. The zero-order valence-electron chi connectivity index (χ0n) is 12.4. The molecule has 1 atom stereocenters. The molecule has 5 heteroatoms. The third-order valence-electron chi connectivity index (χ3n) is 3.76. The number of hydrogen-bond donors (Lipinski definition) is 2. The molecule has 2 aromatic carbocycles. The maximum absolute atomic E-state index is 13.4. The van der Waals surface area contributed by atoms with E-state index in [9.17, 15) is 9.50 Å². The molecule has 1 unspecified atom stereocenters. The molecular formula is C18H17ClFNOS. The number of hydrogen-bond acceptors (Lipinski definition) is 3. The minimum absolute atomic E-state index is 0.207. The standard InChI is InChI=1S/C18H17ClFNOS/c19-14-3-1-2-12(8-14)17(22)10-21-7-6-13-11-23-18-5-4-15(20)9-16(13)18/h1-5,8-9,11,17,21-22H,6-7,10H2. The quantitative estimate of drug-likeness (QED) is 0.639. The molecule has 1 heterocycles. The van der Waals surface area contributed by atoms with Crippen LogP contribution in [0.1, 0.15) is 17.2 Å². The molecule has 0 aliphatic heterocycles. The van der Waals surface area contributed by atoms with Crippen LogP contribution in [0, 0.1) is 5.82 Å². The van der Waals surface area contributed by atoms with Crippen molar-refractivity contribution in [2.75, 3.05) is 13.1 Å². The minimum Gasteiger partial charge on any atom is -0.387 e. The average molecular weight is 350 g/mol. The zero-order valence-corrected chi connectivity index (χ0v) is 14.0. The minimum atomic E-state index is -0.592. The van der Waals surface area contributed by atoms with Gasteiger partial charge in [-0.3, -0.25) is 0 Å². The van der Waals surface area contributed by atoms with Crippen LogP contribution in [0.2, 0.25) is 5.02 Å². The zero-order chi connectivity index (χ0) is 16.2. The molecule has 23 heavy (non-hydrogen) atoms. The van der Waals surface area contributed by atoms with Crippen LogP contribution in [-0.2, 0) is 6.42 Å². The summed E-state index contributed by atoms with van der Waals surface area (Å²) in [6, 6.07) is 12.1. The fourth-order valence-corrected chi connectivity index (χ4v) is 3.72. The summed E-state index contributed by atoms with van der Waals surface area (Å²) in [5, 5.41) is 17.0. The second kappa shape index (κ2) is 7.41. The molecule has 0 amide bonds. The third-order valence-corrected chi connectivity index (χ3v) is 5.01. The van der Waals surface area contributed by atoms with Crippen molar-refractivity contribution in [3.63, 3.8) is 0 Å². The fourth-order valence-electron chi connectivity index (χ4n) is 2.54. The lowest BCUT2D eigenvalue weighted by atomic mass is 10.1. The third kappa shape index (κ3) is 4.09. The molecule has 0 aliphatic carbocycles. The SMILES string of the molecule is OC(CNCCc1csc2ccc(F)cc12)c1cccc(Cl)c1. The number of thiophene rings is 1. The first-order valence-corrected chi connectivity index (χ1v) is 8.69. The molecule has 0 saturated heterocycles. The predicted octanol–water partition coefficient (Wildman–Crippen LogP) is 4.56. The van der Waals surface area contributed by atoms with Crippen LogP contribution in [0.4, 0.5) is 4.39 Å². The van der Waals surface area contributed by atoms with E-state index < -0.39 is 6.10 Å². The van der Waals surface area contributed by atoms with E-state index in [0.29, 0.717) is 11.6 Å². The molecule has 3 rings (SSSR count). The largest absolute Gasteiger partial charge is 0.387 e. The number of benzene rings is 2. The Morgan fingerprint density at radius 3 is 2.91 bits per heavy atom. The number of aliphatic hydroxyl groups is 1. The van der Waals surface area contributed by atoms with Gasteiger partial charge in [-0.2, -0.15) is 0 Å². The highest BCUT2D eigenvalue weighted by Gasteiger charge is 2.08. The van der Waals surface area contributed by atoms with E-state index in [0.717, 1.165) is 34.2 Å². The van der Waals surface area contributed by atoms with Gasteiger partial charge in [0, 0.05) is 16.3 Å². The van der Waals surface area contributed by atoms with Gasteiger partial charge in [-0.1, -0.05) is 23.7 Å². The van der Waals surface area contributed by atoms with E-state index in [1.165, 1.54) is 6.07 Å². The lowest BCUT2D eigenvalue weighted by Crippen LogP contribution is -2.23. The Morgan fingerprint density at radius 1 is 1.22 bits per heavy atom. The topological polar surface area (TPSA) is 32.3 Å². The predicted molar refractivity (Wildman–Crippen MR) is 94.8 cm³/mol. The number of rotatable bonds is 6. The summed E-state index contributed by atoms with van der Waals surface area (Å²) in [7, 11) is 0. The van der Waals surface area contributed by atoms with Crippen molar-refractivity contribution in [1.82, 2.24) is 5.32 Å². The molecule has 3 aromatic rings. The van der Waals surface area contributed by atoms with Crippen molar-refractivity contribution >= 4 is 33.0 Å². The Balaban J connectivity index is 1.54. The normalized spacial score (nSPS) is 12.7. The summed E-state index contributed by atoms with van der Waals surface area (Å²) in [6.45, 7) is 1.18. The lowest BCUT2D eigenvalue weighted by molar-refractivity contribution is 0.175. The van der Waals surface area contributed by atoms with Crippen molar-refractivity contribution < 1.29 is 9.50 Å². The second-order valence-corrected chi connectivity index (χ2v) is 6.77. The molecule has 0 radical (unpaired) electrons. The molecule has 0 bridgehead atoms. The van der Waals surface area contributed by atoms with Crippen LogP contribution < -0.4 is 5.32 Å². The van der Waals surface area contributed by atoms with Gasteiger partial charge in [0.25, 0.3) is 0 Å². The summed E-state index contributed by atoms with van der Waals surface area (Å²) < 4.78 is 14.5. The molecule has 0 fully saturated rings. The van der Waals surface area contributed by atoms with E-state index in [-0.39, 0.29) is 5.82 Å². The van der Waals surface area contributed by atoms with Crippen LogP contribution >= 0.6 is 22.9 Å². The van der Waals surface area contributed by atoms with Crippen molar-refractivity contribution in [3.05, 3.63) is 69.8 Å².